The maximum atomic E-state index is 12.6. The highest BCUT2D eigenvalue weighted by atomic mass is 19.1. The summed E-state index contributed by atoms with van der Waals surface area (Å²) in [4.78, 5) is 27.9. The van der Waals surface area contributed by atoms with Gasteiger partial charge in [-0.15, -0.1) is 0 Å². The Hall–Kier alpha value is -1.98. The van der Waals surface area contributed by atoms with Crippen molar-refractivity contribution in [1.29, 1.82) is 0 Å². The van der Waals surface area contributed by atoms with E-state index < -0.39 is 11.9 Å². The lowest BCUT2D eigenvalue weighted by Crippen LogP contribution is -2.31. The minimum Gasteiger partial charge on any atom is -0.369 e. The molecule has 1 aromatic heterocycles. The lowest BCUT2D eigenvalue weighted by atomic mass is 10.1. The molecule has 0 spiro atoms. The number of aromatic nitrogens is 1. The summed E-state index contributed by atoms with van der Waals surface area (Å²) in [5.41, 5.74) is 5.50. The number of hydrogen-bond acceptors (Lipinski definition) is 3. The summed E-state index contributed by atoms with van der Waals surface area (Å²) in [5.74, 6) is -1.55. The van der Waals surface area contributed by atoms with Crippen molar-refractivity contribution in [2.45, 2.75) is 6.42 Å². The van der Waals surface area contributed by atoms with Crippen molar-refractivity contribution in [1.82, 2.24) is 9.88 Å². The van der Waals surface area contributed by atoms with E-state index in [1.54, 1.807) is 0 Å². The van der Waals surface area contributed by atoms with Gasteiger partial charge in [-0.25, -0.2) is 4.98 Å². The molecule has 0 bridgehead atoms. The van der Waals surface area contributed by atoms with Gasteiger partial charge in [-0.05, 0) is 18.6 Å². The maximum absolute atomic E-state index is 12.6. The highest BCUT2D eigenvalue weighted by molar-refractivity contribution is 5.94. The van der Waals surface area contributed by atoms with Crippen LogP contribution in [0.1, 0.15) is 16.8 Å². The number of nitrogens with zero attached hydrogens (tertiary/aromatic N) is 2. The Morgan fingerprint density at radius 3 is 2.76 bits per heavy atom. The zero-order chi connectivity index (χ0) is 12.4. The minimum atomic E-state index is -0.627. The molecule has 0 aromatic carbocycles. The monoisotopic (exact) mass is 237 g/mol. The standard InChI is InChI=1S/C11H12FN3O2/c12-9-2-1-7(5-14-9)11(17)15-4-3-8(6-15)10(13)16/h1-2,5,8H,3-4,6H2,(H2,13,16). The third-order valence-electron chi connectivity index (χ3n) is 2.85. The van der Waals surface area contributed by atoms with Crippen molar-refractivity contribution >= 4 is 11.8 Å². The van der Waals surface area contributed by atoms with Gasteiger partial charge in [0, 0.05) is 19.3 Å². The molecule has 1 unspecified atom stereocenters. The first-order chi connectivity index (χ1) is 8.08. The second-order valence-electron chi connectivity index (χ2n) is 4.01. The number of primary amides is 1. The highest BCUT2D eigenvalue weighted by Gasteiger charge is 2.30. The maximum Gasteiger partial charge on any atom is 0.255 e. The SMILES string of the molecule is NC(=O)C1CCN(C(=O)c2ccc(F)nc2)C1. The van der Waals surface area contributed by atoms with Crippen molar-refractivity contribution in [3.63, 3.8) is 0 Å². The van der Waals surface area contributed by atoms with Crippen molar-refractivity contribution in [3.8, 4) is 0 Å². The van der Waals surface area contributed by atoms with Gasteiger partial charge in [-0.2, -0.15) is 4.39 Å². The lowest BCUT2D eigenvalue weighted by molar-refractivity contribution is -0.121. The quantitative estimate of drug-likeness (QED) is 0.745. The Morgan fingerprint density at radius 1 is 1.47 bits per heavy atom. The fourth-order valence-corrected chi connectivity index (χ4v) is 1.86. The van der Waals surface area contributed by atoms with Crippen LogP contribution in [0.2, 0.25) is 0 Å². The first kappa shape index (κ1) is 11.5. The van der Waals surface area contributed by atoms with Gasteiger partial charge in [-0.3, -0.25) is 9.59 Å². The van der Waals surface area contributed by atoms with Crippen LogP contribution in [0.15, 0.2) is 18.3 Å². The Bertz CT molecular complexity index is 447. The second-order valence-corrected chi connectivity index (χ2v) is 4.01. The van der Waals surface area contributed by atoms with Gasteiger partial charge in [0.25, 0.3) is 5.91 Å². The zero-order valence-corrected chi connectivity index (χ0v) is 9.10. The molecule has 1 fully saturated rings. The fourth-order valence-electron chi connectivity index (χ4n) is 1.86. The summed E-state index contributed by atoms with van der Waals surface area (Å²) in [6.45, 7) is 0.815. The van der Waals surface area contributed by atoms with E-state index in [0.29, 0.717) is 25.1 Å². The third kappa shape index (κ3) is 2.41. The van der Waals surface area contributed by atoms with Gasteiger partial charge in [-0.1, -0.05) is 0 Å². The molecule has 1 saturated heterocycles. The molecule has 0 aliphatic carbocycles. The Balaban J connectivity index is 2.07. The fraction of sp³-hybridized carbons (Fsp3) is 0.364. The molecule has 1 atom stereocenters. The third-order valence-corrected chi connectivity index (χ3v) is 2.85. The minimum absolute atomic E-state index is 0.249. The van der Waals surface area contributed by atoms with Crippen molar-refractivity contribution < 1.29 is 14.0 Å². The molecule has 2 amide bonds. The van der Waals surface area contributed by atoms with E-state index in [4.69, 9.17) is 5.73 Å². The van der Waals surface area contributed by atoms with Crippen LogP contribution in [0.5, 0.6) is 0 Å². The number of halogens is 1. The van der Waals surface area contributed by atoms with Crippen LogP contribution in [-0.4, -0.2) is 34.8 Å². The van der Waals surface area contributed by atoms with Crippen LogP contribution < -0.4 is 5.73 Å². The normalized spacial score (nSPS) is 19.4. The predicted octanol–water partition coefficient (Wildman–Crippen LogP) is 0.168. The van der Waals surface area contributed by atoms with Gasteiger partial charge in [0.2, 0.25) is 11.9 Å². The van der Waals surface area contributed by atoms with Crippen LogP contribution >= 0.6 is 0 Å². The van der Waals surface area contributed by atoms with Crippen molar-refractivity contribution in [3.05, 3.63) is 29.8 Å². The molecule has 2 rings (SSSR count). The lowest BCUT2D eigenvalue weighted by Gasteiger charge is -2.15. The number of rotatable bonds is 2. The molecule has 1 aliphatic rings. The topological polar surface area (TPSA) is 76.3 Å². The van der Waals surface area contributed by atoms with Gasteiger partial charge in [0.1, 0.15) is 0 Å². The molecule has 90 valence electrons. The van der Waals surface area contributed by atoms with Gasteiger partial charge < -0.3 is 10.6 Å². The molecule has 17 heavy (non-hydrogen) atoms. The number of carbonyl (C=O) groups excluding carboxylic acids is 2. The molecular formula is C11H12FN3O2. The predicted molar refractivity (Wildman–Crippen MR) is 57.4 cm³/mol. The number of nitrogens with two attached hydrogens (primary N) is 1. The van der Waals surface area contributed by atoms with Crippen molar-refractivity contribution in [2.75, 3.05) is 13.1 Å². The molecule has 2 N–H and O–H groups in total. The number of pyridine rings is 1. The van der Waals surface area contributed by atoms with Crippen LogP contribution in [0.3, 0.4) is 0 Å². The summed E-state index contributed by atoms with van der Waals surface area (Å²) < 4.78 is 12.6. The molecule has 1 aliphatic heterocycles. The Labute approximate surface area is 97.4 Å². The van der Waals surface area contributed by atoms with E-state index in [1.165, 1.54) is 17.2 Å². The number of hydrogen-bond donors (Lipinski definition) is 1. The van der Waals surface area contributed by atoms with Gasteiger partial charge in [0.05, 0.1) is 11.5 Å². The highest BCUT2D eigenvalue weighted by Crippen LogP contribution is 2.18. The van der Waals surface area contributed by atoms with E-state index in [1.807, 2.05) is 0 Å². The summed E-state index contributed by atoms with van der Waals surface area (Å²) >= 11 is 0. The van der Waals surface area contributed by atoms with E-state index >= 15 is 0 Å². The molecule has 6 heteroatoms. The largest absolute Gasteiger partial charge is 0.369 e. The number of carbonyl (C=O) groups is 2. The van der Waals surface area contributed by atoms with Crippen LogP contribution in [-0.2, 0) is 4.79 Å². The molecule has 0 radical (unpaired) electrons. The average Bonchev–Trinajstić information content (AvgIpc) is 2.78. The molecular weight excluding hydrogens is 225 g/mol. The first-order valence-electron chi connectivity index (χ1n) is 5.28. The number of likely N-dealkylation sites (tertiary alicyclic amines) is 1. The van der Waals surface area contributed by atoms with Crippen LogP contribution in [0, 0.1) is 11.9 Å². The molecule has 0 saturated carbocycles. The van der Waals surface area contributed by atoms with Gasteiger partial charge >= 0.3 is 0 Å². The van der Waals surface area contributed by atoms with E-state index in [9.17, 15) is 14.0 Å². The van der Waals surface area contributed by atoms with E-state index in [2.05, 4.69) is 4.98 Å². The zero-order valence-electron chi connectivity index (χ0n) is 9.10. The van der Waals surface area contributed by atoms with Crippen molar-refractivity contribution in [2.24, 2.45) is 11.7 Å². The molecule has 2 heterocycles. The average molecular weight is 237 g/mol. The van der Waals surface area contributed by atoms with E-state index in [0.717, 1.165) is 6.07 Å². The van der Waals surface area contributed by atoms with E-state index in [-0.39, 0.29) is 11.8 Å². The van der Waals surface area contributed by atoms with Crippen LogP contribution in [0.4, 0.5) is 4.39 Å². The Morgan fingerprint density at radius 2 is 2.24 bits per heavy atom. The van der Waals surface area contributed by atoms with Gasteiger partial charge in [0.15, 0.2) is 0 Å². The van der Waals surface area contributed by atoms with Crippen LogP contribution in [0.25, 0.3) is 0 Å². The summed E-state index contributed by atoms with van der Waals surface area (Å²) in [7, 11) is 0. The molecule has 1 aromatic rings. The molecule has 5 nitrogen and oxygen atoms in total. The summed E-state index contributed by atoms with van der Waals surface area (Å²) in [6, 6.07) is 2.51. The number of amides is 2. The summed E-state index contributed by atoms with van der Waals surface area (Å²) in [6.07, 6.45) is 1.77. The Kier molecular flexibility index (Phi) is 3.03. The summed E-state index contributed by atoms with van der Waals surface area (Å²) in [5, 5.41) is 0. The first-order valence-corrected chi connectivity index (χ1v) is 5.28. The second kappa shape index (κ2) is 4.48. The smallest absolute Gasteiger partial charge is 0.255 e.